The van der Waals surface area contributed by atoms with Crippen molar-refractivity contribution in [1.82, 2.24) is 15.1 Å². The number of nitrogens with one attached hydrogen (secondary N) is 1. The number of aromatic nitrogens is 2. The molecule has 0 atom stereocenters. The van der Waals surface area contributed by atoms with Crippen LogP contribution < -0.4 is 5.73 Å². The molecule has 0 aromatic carbocycles. The number of nitrogens with zero attached hydrogens (tertiary/aromatic N) is 2. The number of H-pyrrole nitrogens is 1. The summed E-state index contributed by atoms with van der Waals surface area (Å²) in [6, 6.07) is 0. The fourth-order valence-corrected chi connectivity index (χ4v) is 1.86. The van der Waals surface area contributed by atoms with Crippen molar-refractivity contribution in [2.45, 2.75) is 19.5 Å². The van der Waals surface area contributed by atoms with Gasteiger partial charge in [0.2, 0.25) is 0 Å². The van der Waals surface area contributed by atoms with Crippen LogP contribution >= 0.6 is 0 Å². The third kappa shape index (κ3) is 2.56. The Bertz CT molecular complexity index is 533. The highest BCUT2D eigenvalue weighted by molar-refractivity contribution is 5.97. The zero-order chi connectivity index (χ0) is 14.2. The molecule has 0 aliphatic carbocycles. The predicted molar refractivity (Wildman–Crippen MR) is 62.4 cm³/mol. The second-order valence-corrected chi connectivity index (χ2v) is 4.34. The third-order valence-electron chi connectivity index (χ3n) is 3.06. The molecule has 104 valence electrons. The normalized spacial score (nSPS) is 16.4. The highest BCUT2D eigenvalue weighted by atomic mass is 19.4. The van der Waals surface area contributed by atoms with Crippen LogP contribution in [0.5, 0.6) is 0 Å². The number of carbonyl (C=O) groups excluding carboxylic acids is 1. The molecule has 0 saturated carbocycles. The highest BCUT2D eigenvalue weighted by Crippen LogP contribution is 2.30. The van der Waals surface area contributed by atoms with Crippen LogP contribution in [0.2, 0.25) is 0 Å². The quantitative estimate of drug-likeness (QED) is 0.764. The number of aromatic amines is 1. The molecule has 1 amide bonds. The van der Waals surface area contributed by atoms with Crippen LogP contribution in [-0.2, 0) is 0 Å². The average molecular weight is 274 g/mol. The van der Waals surface area contributed by atoms with Crippen molar-refractivity contribution in [1.29, 1.82) is 0 Å². The van der Waals surface area contributed by atoms with E-state index in [1.165, 1.54) is 4.90 Å². The number of hydrogen-bond donors (Lipinski definition) is 2. The first kappa shape index (κ1) is 13.4. The topological polar surface area (TPSA) is 75.0 Å². The Morgan fingerprint density at radius 3 is 2.63 bits per heavy atom. The second kappa shape index (κ2) is 4.60. The van der Waals surface area contributed by atoms with Gasteiger partial charge in [-0.1, -0.05) is 6.08 Å². The maximum absolute atomic E-state index is 12.5. The van der Waals surface area contributed by atoms with E-state index in [0.29, 0.717) is 5.69 Å². The summed E-state index contributed by atoms with van der Waals surface area (Å²) < 4.78 is 37.4. The second-order valence-electron chi connectivity index (χ2n) is 4.34. The third-order valence-corrected chi connectivity index (χ3v) is 3.06. The van der Waals surface area contributed by atoms with Crippen molar-refractivity contribution < 1.29 is 18.0 Å². The first-order valence-corrected chi connectivity index (χ1v) is 5.66. The van der Waals surface area contributed by atoms with Crippen molar-refractivity contribution in [2.75, 3.05) is 18.8 Å². The Hall–Kier alpha value is -1.99. The molecule has 2 rings (SSSR count). The van der Waals surface area contributed by atoms with Crippen LogP contribution in [0.1, 0.15) is 22.6 Å². The molecule has 0 unspecified atom stereocenters. The number of aryl methyl sites for hydroxylation is 1. The molecule has 0 bridgehead atoms. The van der Waals surface area contributed by atoms with Crippen LogP contribution in [0.4, 0.5) is 18.9 Å². The van der Waals surface area contributed by atoms with Gasteiger partial charge in [0.1, 0.15) is 0 Å². The lowest BCUT2D eigenvalue weighted by molar-refractivity contribution is -0.0957. The van der Waals surface area contributed by atoms with Gasteiger partial charge in [0.15, 0.2) is 5.69 Å². The lowest BCUT2D eigenvalue weighted by atomic mass is 10.1. The first-order chi connectivity index (χ1) is 8.80. The molecule has 0 saturated heterocycles. The van der Waals surface area contributed by atoms with Crippen molar-refractivity contribution >= 4 is 11.6 Å². The van der Waals surface area contributed by atoms with Gasteiger partial charge in [-0.3, -0.25) is 9.89 Å². The molecule has 1 aromatic heterocycles. The van der Waals surface area contributed by atoms with Gasteiger partial charge in [0.05, 0.1) is 11.4 Å². The Morgan fingerprint density at radius 2 is 2.21 bits per heavy atom. The van der Waals surface area contributed by atoms with Crippen molar-refractivity contribution in [3.63, 3.8) is 0 Å². The molecule has 2 heterocycles. The summed E-state index contributed by atoms with van der Waals surface area (Å²) in [7, 11) is 0. The van der Waals surface area contributed by atoms with E-state index in [-0.39, 0.29) is 30.9 Å². The van der Waals surface area contributed by atoms with Crippen molar-refractivity contribution in [2.24, 2.45) is 0 Å². The summed E-state index contributed by atoms with van der Waals surface area (Å²) in [4.78, 5) is 13.3. The Morgan fingerprint density at radius 1 is 1.53 bits per heavy atom. The minimum absolute atomic E-state index is 0.00945. The Balaban J connectivity index is 2.12. The van der Waals surface area contributed by atoms with E-state index in [1.54, 1.807) is 6.92 Å². The zero-order valence-electron chi connectivity index (χ0n) is 10.2. The number of rotatable bonds is 1. The van der Waals surface area contributed by atoms with E-state index in [2.05, 4.69) is 10.2 Å². The standard InChI is InChI=1S/C11H13F3N4O/c1-6-8(15)9(17-16-6)10(19)18-4-2-7(3-5-18)11(12,13)14/h2H,3-5,15H2,1H3,(H,16,17). The van der Waals surface area contributed by atoms with Crippen LogP contribution in [0.25, 0.3) is 0 Å². The smallest absolute Gasteiger partial charge is 0.395 e. The van der Waals surface area contributed by atoms with Gasteiger partial charge < -0.3 is 10.6 Å². The van der Waals surface area contributed by atoms with E-state index in [9.17, 15) is 18.0 Å². The Labute approximate surface area is 107 Å². The van der Waals surface area contributed by atoms with E-state index in [0.717, 1.165) is 6.08 Å². The van der Waals surface area contributed by atoms with Crippen molar-refractivity contribution in [3.8, 4) is 0 Å². The number of carbonyl (C=O) groups is 1. The summed E-state index contributed by atoms with van der Waals surface area (Å²) in [5.74, 6) is -0.459. The van der Waals surface area contributed by atoms with Gasteiger partial charge in [0, 0.05) is 18.7 Å². The van der Waals surface area contributed by atoms with Crippen molar-refractivity contribution in [3.05, 3.63) is 23.0 Å². The molecular weight excluding hydrogens is 261 g/mol. The number of amides is 1. The summed E-state index contributed by atoms with van der Waals surface area (Å²) >= 11 is 0. The summed E-state index contributed by atoms with van der Waals surface area (Å²) in [5, 5.41) is 6.35. The maximum atomic E-state index is 12.5. The molecule has 0 spiro atoms. The van der Waals surface area contributed by atoms with Gasteiger partial charge in [-0.25, -0.2) is 0 Å². The van der Waals surface area contributed by atoms with E-state index < -0.39 is 17.7 Å². The first-order valence-electron chi connectivity index (χ1n) is 5.66. The summed E-state index contributed by atoms with van der Waals surface area (Å²) in [5.41, 5.74) is 5.93. The number of nitrogen functional groups attached to an aromatic ring is 1. The molecule has 3 N–H and O–H groups in total. The summed E-state index contributed by atoms with van der Waals surface area (Å²) in [6.45, 7) is 1.59. The van der Waals surface area contributed by atoms with Gasteiger partial charge in [0.25, 0.3) is 5.91 Å². The molecule has 8 heteroatoms. The lowest BCUT2D eigenvalue weighted by Crippen LogP contribution is -2.37. The van der Waals surface area contributed by atoms with Gasteiger partial charge in [-0.2, -0.15) is 18.3 Å². The van der Waals surface area contributed by atoms with E-state index in [1.807, 2.05) is 0 Å². The van der Waals surface area contributed by atoms with Gasteiger partial charge in [-0.15, -0.1) is 0 Å². The van der Waals surface area contributed by atoms with Gasteiger partial charge in [-0.05, 0) is 13.3 Å². The monoisotopic (exact) mass is 274 g/mol. The molecule has 5 nitrogen and oxygen atoms in total. The van der Waals surface area contributed by atoms with Crippen LogP contribution in [-0.4, -0.2) is 40.3 Å². The average Bonchev–Trinajstić information content (AvgIpc) is 2.68. The molecule has 1 aliphatic heterocycles. The summed E-state index contributed by atoms with van der Waals surface area (Å²) in [6.07, 6.45) is -3.51. The van der Waals surface area contributed by atoms with Gasteiger partial charge >= 0.3 is 6.18 Å². The molecule has 1 aromatic rings. The molecule has 19 heavy (non-hydrogen) atoms. The Kier molecular flexibility index (Phi) is 3.25. The molecular formula is C11H13F3N4O. The number of anilines is 1. The SMILES string of the molecule is Cc1[nH]nc(C(=O)N2CC=C(C(F)(F)F)CC2)c1N. The largest absolute Gasteiger partial charge is 0.412 e. The molecule has 1 aliphatic rings. The fourth-order valence-electron chi connectivity index (χ4n) is 1.86. The zero-order valence-corrected chi connectivity index (χ0v) is 10.2. The highest BCUT2D eigenvalue weighted by Gasteiger charge is 2.36. The maximum Gasteiger partial charge on any atom is 0.412 e. The fraction of sp³-hybridized carbons (Fsp3) is 0.455. The minimum atomic E-state index is -4.32. The van der Waals surface area contributed by atoms with E-state index >= 15 is 0 Å². The minimum Gasteiger partial charge on any atom is -0.395 e. The number of nitrogens with two attached hydrogens (primary N) is 1. The number of halogens is 3. The van der Waals surface area contributed by atoms with E-state index in [4.69, 9.17) is 5.73 Å². The molecule has 0 radical (unpaired) electrons. The number of alkyl halides is 3. The molecule has 0 fully saturated rings. The lowest BCUT2D eigenvalue weighted by Gasteiger charge is -2.26. The number of hydrogen-bond acceptors (Lipinski definition) is 3. The van der Waals surface area contributed by atoms with Crippen LogP contribution in [0.15, 0.2) is 11.6 Å². The predicted octanol–water partition coefficient (Wildman–Crippen LogP) is 1.63. The van der Waals surface area contributed by atoms with Crippen LogP contribution in [0.3, 0.4) is 0 Å². The van der Waals surface area contributed by atoms with Crippen LogP contribution in [0, 0.1) is 6.92 Å².